The van der Waals surface area contributed by atoms with Crippen molar-refractivity contribution in [3.63, 3.8) is 0 Å². The van der Waals surface area contributed by atoms with Gasteiger partial charge in [0, 0.05) is 11.8 Å². The zero-order valence-electron chi connectivity index (χ0n) is 13.8. The minimum atomic E-state index is 0.579. The molecular weight excluding hydrogens is 318 g/mol. The number of hydrogen-bond acceptors (Lipinski definition) is 4. The van der Waals surface area contributed by atoms with Gasteiger partial charge in [-0.05, 0) is 49.1 Å². The van der Waals surface area contributed by atoms with Gasteiger partial charge >= 0.3 is 0 Å². The predicted octanol–water partition coefficient (Wildman–Crippen LogP) is 3.70. The van der Waals surface area contributed by atoms with Gasteiger partial charge in [-0.3, -0.25) is 0 Å². The second kappa shape index (κ2) is 7.49. The minimum Gasteiger partial charge on any atom is -0.492 e. The summed E-state index contributed by atoms with van der Waals surface area (Å²) in [6.07, 6.45) is 3.32. The molecule has 2 aromatic rings. The number of fused-ring (bicyclic) bond motifs is 2. The summed E-state index contributed by atoms with van der Waals surface area (Å²) in [4.78, 5) is 1.16. The molecule has 1 heterocycles. The van der Waals surface area contributed by atoms with E-state index in [1.54, 1.807) is 0 Å². The second-order valence-corrected chi connectivity index (χ2v) is 7.42. The highest BCUT2D eigenvalue weighted by atomic mass is 32.2. The molecule has 0 atom stereocenters. The lowest BCUT2D eigenvalue weighted by molar-refractivity contribution is 0.285. The molecule has 4 heteroatoms. The van der Waals surface area contributed by atoms with Gasteiger partial charge in [-0.15, -0.1) is 11.8 Å². The molecule has 1 aliphatic heterocycles. The van der Waals surface area contributed by atoms with E-state index in [4.69, 9.17) is 9.47 Å². The summed E-state index contributed by atoms with van der Waals surface area (Å²) in [5.74, 6) is 2.92. The van der Waals surface area contributed by atoms with Crippen molar-refractivity contribution in [1.29, 1.82) is 0 Å². The fourth-order valence-corrected chi connectivity index (χ4v) is 4.33. The average molecular weight is 341 g/mol. The van der Waals surface area contributed by atoms with Crippen LogP contribution >= 0.6 is 11.8 Å². The molecule has 0 unspecified atom stereocenters. The number of ether oxygens (including phenoxy) is 2. The normalized spacial score (nSPS) is 16.3. The van der Waals surface area contributed by atoms with Crippen LogP contribution in [-0.2, 0) is 12.8 Å². The molecule has 3 nitrogen and oxygen atoms in total. The van der Waals surface area contributed by atoms with Gasteiger partial charge in [0.25, 0.3) is 0 Å². The van der Waals surface area contributed by atoms with Crippen molar-refractivity contribution in [2.45, 2.75) is 30.2 Å². The number of rotatable bonds is 6. The molecule has 0 amide bonds. The van der Waals surface area contributed by atoms with Crippen LogP contribution in [0.2, 0.25) is 0 Å². The molecule has 1 aliphatic carbocycles. The molecule has 126 valence electrons. The fourth-order valence-electron chi connectivity index (χ4n) is 3.42. The predicted molar refractivity (Wildman–Crippen MR) is 98.4 cm³/mol. The minimum absolute atomic E-state index is 0.579. The molecule has 0 spiro atoms. The van der Waals surface area contributed by atoms with Gasteiger partial charge in [0.05, 0.1) is 18.1 Å². The first-order valence-corrected chi connectivity index (χ1v) is 9.70. The van der Waals surface area contributed by atoms with Crippen LogP contribution in [0, 0.1) is 0 Å². The second-order valence-electron chi connectivity index (χ2n) is 6.31. The summed E-state index contributed by atoms with van der Waals surface area (Å²) in [7, 11) is 0. The molecule has 0 saturated heterocycles. The molecule has 2 aliphatic rings. The Bertz CT molecular complexity index is 679. The third-order valence-electron chi connectivity index (χ3n) is 4.59. The Hall–Kier alpha value is -1.65. The Morgan fingerprint density at radius 3 is 2.75 bits per heavy atom. The van der Waals surface area contributed by atoms with Crippen LogP contribution in [0.15, 0.2) is 47.4 Å². The van der Waals surface area contributed by atoms with E-state index in [1.165, 1.54) is 11.1 Å². The van der Waals surface area contributed by atoms with Crippen LogP contribution < -0.4 is 14.8 Å². The van der Waals surface area contributed by atoms with Crippen molar-refractivity contribution in [1.82, 2.24) is 5.32 Å². The molecule has 0 fully saturated rings. The molecule has 4 rings (SSSR count). The molecule has 2 aromatic carbocycles. The molecule has 24 heavy (non-hydrogen) atoms. The standard InChI is InChI=1S/C20H23NO2S/c1-2-6-16-14-17(13-15(16)5-1)21-9-4-10-22-18-7-3-8-19-20(18)24-12-11-23-19/h1-3,5-8,17,21H,4,9-14H2. The average Bonchev–Trinajstić information content (AvgIpc) is 3.04. The van der Waals surface area contributed by atoms with E-state index in [-0.39, 0.29) is 0 Å². The Morgan fingerprint density at radius 1 is 1.08 bits per heavy atom. The maximum Gasteiger partial charge on any atom is 0.136 e. The molecule has 0 aromatic heterocycles. The van der Waals surface area contributed by atoms with Gasteiger partial charge in [0.2, 0.25) is 0 Å². The maximum atomic E-state index is 5.99. The number of hydrogen-bond donors (Lipinski definition) is 1. The fraction of sp³-hybridized carbons (Fsp3) is 0.400. The summed E-state index contributed by atoms with van der Waals surface area (Å²) in [6, 6.07) is 15.4. The largest absolute Gasteiger partial charge is 0.492 e. The van der Waals surface area contributed by atoms with Crippen LogP contribution in [0.1, 0.15) is 17.5 Å². The zero-order chi connectivity index (χ0) is 16.2. The number of nitrogens with one attached hydrogen (secondary N) is 1. The van der Waals surface area contributed by atoms with Crippen LogP contribution in [0.4, 0.5) is 0 Å². The van der Waals surface area contributed by atoms with E-state index in [1.807, 2.05) is 30.0 Å². The van der Waals surface area contributed by atoms with Gasteiger partial charge in [-0.25, -0.2) is 0 Å². The van der Waals surface area contributed by atoms with Crippen molar-refractivity contribution < 1.29 is 9.47 Å². The van der Waals surface area contributed by atoms with Crippen molar-refractivity contribution in [2.75, 3.05) is 25.5 Å². The monoisotopic (exact) mass is 341 g/mol. The molecule has 0 radical (unpaired) electrons. The van der Waals surface area contributed by atoms with Crippen molar-refractivity contribution in [2.24, 2.45) is 0 Å². The summed E-state index contributed by atoms with van der Waals surface area (Å²) >= 11 is 1.83. The van der Waals surface area contributed by atoms with E-state index in [2.05, 4.69) is 29.6 Å². The van der Waals surface area contributed by atoms with E-state index in [0.29, 0.717) is 6.04 Å². The van der Waals surface area contributed by atoms with E-state index in [9.17, 15) is 0 Å². The van der Waals surface area contributed by atoms with Gasteiger partial charge < -0.3 is 14.8 Å². The van der Waals surface area contributed by atoms with Crippen LogP contribution in [-0.4, -0.2) is 31.6 Å². The summed E-state index contributed by atoms with van der Waals surface area (Å²) in [5, 5.41) is 3.67. The molecule has 1 N–H and O–H groups in total. The third-order valence-corrected chi connectivity index (χ3v) is 5.65. The first-order chi connectivity index (χ1) is 11.9. The lowest BCUT2D eigenvalue weighted by Gasteiger charge is -2.19. The topological polar surface area (TPSA) is 30.5 Å². The van der Waals surface area contributed by atoms with E-state index in [0.717, 1.165) is 61.2 Å². The van der Waals surface area contributed by atoms with Crippen molar-refractivity contribution in [3.8, 4) is 11.5 Å². The van der Waals surface area contributed by atoms with Crippen LogP contribution in [0.3, 0.4) is 0 Å². The smallest absolute Gasteiger partial charge is 0.136 e. The Morgan fingerprint density at radius 2 is 1.92 bits per heavy atom. The molecule has 0 saturated carbocycles. The van der Waals surface area contributed by atoms with Crippen molar-refractivity contribution in [3.05, 3.63) is 53.6 Å². The van der Waals surface area contributed by atoms with E-state index < -0.39 is 0 Å². The zero-order valence-corrected chi connectivity index (χ0v) is 14.6. The first-order valence-electron chi connectivity index (χ1n) is 8.72. The summed E-state index contributed by atoms with van der Waals surface area (Å²) < 4.78 is 11.7. The van der Waals surface area contributed by atoms with Gasteiger partial charge in [0.1, 0.15) is 11.5 Å². The van der Waals surface area contributed by atoms with E-state index >= 15 is 0 Å². The first kappa shape index (κ1) is 15.9. The molecular formula is C20H23NO2S. The lowest BCUT2D eigenvalue weighted by Crippen LogP contribution is -2.31. The van der Waals surface area contributed by atoms with Crippen LogP contribution in [0.25, 0.3) is 0 Å². The summed E-state index contributed by atoms with van der Waals surface area (Å²) in [6.45, 7) is 2.52. The lowest BCUT2D eigenvalue weighted by atomic mass is 10.1. The van der Waals surface area contributed by atoms with Crippen molar-refractivity contribution >= 4 is 11.8 Å². The SMILES string of the molecule is c1ccc2c(c1)CC(NCCCOc1cccc3c1SCCO3)C2. The van der Waals surface area contributed by atoms with Gasteiger partial charge in [-0.2, -0.15) is 0 Å². The highest BCUT2D eigenvalue weighted by Gasteiger charge is 2.20. The Labute approximate surface area is 147 Å². The Kier molecular flexibility index (Phi) is 4.95. The van der Waals surface area contributed by atoms with Crippen LogP contribution in [0.5, 0.6) is 11.5 Å². The highest BCUT2D eigenvalue weighted by molar-refractivity contribution is 7.99. The quantitative estimate of drug-likeness (QED) is 0.812. The van der Waals surface area contributed by atoms with Gasteiger partial charge in [-0.1, -0.05) is 30.3 Å². The Balaban J connectivity index is 1.21. The third kappa shape index (κ3) is 3.55. The summed E-state index contributed by atoms with van der Waals surface area (Å²) in [5.41, 5.74) is 3.00. The number of thioether (sulfide) groups is 1. The van der Waals surface area contributed by atoms with Gasteiger partial charge in [0.15, 0.2) is 0 Å². The number of benzene rings is 2. The molecule has 0 bridgehead atoms. The maximum absolute atomic E-state index is 5.99. The highest BCUT2D eigenvalue weighted by Crippen LogP contribution is 2.40.